The molecule has 0 saturated heterocycles. The molecule has 0 bridgehead atoms. The second-order valence-corrected chi connectivity index (χ2v) is 8.00. The summed E-state index contributed by atoms with van der Waals surface area (Å²) >= 11 is 6.36. The number of benzene rings is 3. The molecule has 0 fully saturated rings. The Labute approximate surface area is 202 Å². The summed E-state index contributed by atoms with van der Waals surface area (Å²) in [5, 5.41) is 21.3. The molecule has 0 aliphatic rings. The van der Waals surface area contributed by atoms with Crippen LogP contribution in [-0.2, 0) is 4.74 Å². The number of nitriles is 1. The van der Waals surface area contributed by atoms with Gasteiger partial charge in [0.05, 0.1) is 16.1 Å². The van der Waals surface area contributed by atoms with Crippen LogP contribution < -0.4 is 5.32 Å². The van der Waals surface area contributed by atoms with E-state index in [0.717, 1.165) is 5.56 Å². The number of carbonyl (C=O) groups excluding carboxylic acids is 1. The SMILES string of the molecule is Cc1c(N[C@H](c2nnc(-c3ccccc3)o2)[C@@H](C)OC(=O)c2ccccc2)ccc(C#N)c1Cl. The number of hydrogen-bond donors (Lipinski definition) is 1. The fourth-order valence-corrected chi connectivity index (χ4v) is 3.62. The molecule has 34 heavy (non-hydrogen) atoms. The first-order valence-corrected chi connectivity index (χ1v) is 11.0. The van der Waals surface area contributed by atoms with Gasteiger partial charge in [-0.2, -0.15) is 5.26 Å². The number of nitrogens with one attached hydrogen (secondary N) is 1. The molecule has 1 N–H and O–H groups in total. The van der Waals surface area contributed by atoms with E-state index in [2.05, 4.69) is 21.6 Å². The Bertz CT molecular complexity index is 1330. The van der Waals surface area contributed by atoms with E-state index in [-0.39, 0.29) is 5.89 Å². The molecule has 7 nitrogen and oxygen atoms in total. The van der Waals surface area contributed by atoms with Crippen LogP contribution in [0, 0.1) is 18.3 Å². The first kappa shape index (κ1) is 23.0. The molecule has 4 aromatic rings. The minimum absolute atomic E-state index is 0.243. The van der Waals surface area contributed by atoms with Gasteiger partial charge in [-0.1, -0.05) is 48.0 Å². The molecule has 0 spiro atoms. The number of halogens is 1. The third-order valence-corrected chi connectivity index (χ3v) is 5.80. The maximum Gasteiger partial charge on any atom is 0.338 e. The lowest BCUT2D eigenvalue weighted by Gasteiger charge is -2.24. The van der Waals surface area contributed by atoms with Crippen LogP contribution in [0.2, 0.25) is 5.02 Å². The Morgan fingerprint density at radius 1 is 1.06 bits per heavy atom. The topological polar surface area (TPSA) is 101 Å². The van der Waals surface area contributed by atoms with Crippen molar-refractivity contribution in [2.75, 3.05) is 5.32 Å². The van der Waals surface area contributed by atoms with Gasteiger partial charge in [0.25, 0.3) is 0 Å². The van der Waals surface area contributed by atoms with Gasteiger partial charge in [-0.05, 0) is 55.8 Å². The van der Waals surface area contributed by atoms with E-state index in [0.29, 0.717) is 33.3 Å². The van der Waals surface area contributed by atoms with Crippen LogP contribution in [-0.4, -0.2) is 22.3 Å². The van der Waals surface area contributed by atoms with Crippen molar-refractivity contribution in [3.63, 3.8) is 0 Å². The van der Waals surface area contributed by atoms with Gasteiger partial charge < -0.3 is 14.5 Å². The molecular formula is C26H21ClN4O3. The van der Waals surface area contributed by atoms with E-state index >= 15 is 0 Å². The number of hydrogen-bond acceptors (Lipinski definition) is 7. The molecule has 0 radical (unpaired) electrons. The van der Waals surface area contributed by atoms with E-state index in [1.165, 1.54) is 0 Å². The summed E-state index contributed by atoms with van der Waals surface area (Å²) in [6.07, 6.45) is -0.689. The smallest absolute Gasteiger partial charge is 0.338 e. The van der Waals surface area contributed by atoms with Gasteiger partial charge in [-0.25, -0.2) is 4.79 Å². The average Bonchev–Trinajstić information content (AvgIpc) is 3.36. The van der Waals surface area contributed by atoms with Crippen LogP contribution in [0.3, 0.4) is 0 Å². The van der Waals surface area contributed by atoms with Crippen molar-refractivity contribution < 1.29 is 13.9 Å². The first-order chi connectivity index (χ1) is 16.5. The van der Waals surface area contributed by atoms with Crippen molar-refractivity contribution in [3.8, 4) is 17.5 Å². The van der Waals surface area contributed by atoms with Crippen LogP contribution in [0.5, 0.6) is 0 Å². The molecule has 170 valence electrons. The molecule has 0 amide bonds. The summed E-state index contributed by atoms with van der Waals surface area (Å²) < 4.78 is 11.7. The third kappa shape index (κ3) is 4.92. The molecule has 1 aromatic heterocycles. The standard InChI is InChI=1S/C26H21ClN4O3/c1-16-21(14-13-20(15-28)22(16)27)29-23(17(2)33-26(32)19-11-7-4-8-12-19)25-31-30-24(34-25)18-9-5-3-6-10-18/h3-14,17,23,29H,1-2H3/t17-,23+/m1/s1. The molecule has 0 aliphatic heterocycles. The summed E-state index contributed by atoms with van der Waals surface area (Å²) in [7, 11) is 0. The fourth-order valence-electron chi connectivity index (χ4n) is 3.41. The summed E-state index contributed by atoms with van der Waals surface area (Å²) in [5.74, 6) is 0.114. The Balaban J connectivity index is 1.67. The zero-order valence-electron chi connectivity index (χ0n) is 18.5. The Hall–Kier alpha value is -4.15. The maximum absolute atomic E-state index is 12.7. The normalized spacial score (nSPS) is 12.4. The number of carbonyl (C=O) groups is 1. The molecule has 1 heterocycles. The number of rotatable bonds is 7. The molecule has 3 aromatic carbocycles. The summed E-state index contributed by atoms with van der Waals surface area (Å²) in [6, 6.07) is 22.9. The monoisotopic (exact) mass is 472 g/mol. The summed E-state index contributed by atoms with van der Waals surface area (Å²) in [5.41, 5.74) is 2.90. The second-order valence-electron chi connectivity index (χ2n) is 7.62. The van der Waals surface area contributed by atoms with E-state index in [1.54, 1.807) is 50.2 Å². The number of esters is 1. The van der Waals surface area contributed by atoms with Crippen molar-refractivity contribution in [3.05, 3.63) is 100 Å². The second kappa shape index (κ2) is 10.2. The van der Waals surface area contributed by atoms with E-state index in [4.69, 9.17) is 20.8 Å². The number of ether oxygens (including phenoxy) is 1. The van der Waals surface area contributed by atoms with Crippen LogP contribution in [0.15, 0.2) is 77.2 Å². The number of nitrogens with zero attached hydrogens (tertiary/aromatic N) is 3. The van der Waals surface area contributed by atoms with Gasteiger partial charge in [-0.15, -0.1) is 10.2 Å². The fraction of sp³-hybridized carbons (Fsp3) is 0.154. The van der Waals surface area contributed by atoms with Crippen LogP contribution in [0.25, 0.3) is 11.5 Å². The maximum atomic E-state index is 12.7. The highest BCUT2D eigenvalue weighted by atomic mass is 35.5. The molecular weight excluding hydrogens is 452 g/mol. The van der Waals surface area contributed by atoms with E-state index in [1.807, 2.05) is 36.4 Å². The largest absolute Gasteiger partial charge is 0.456 e. The van der Waals surface area contributed by atoms with E-state index < -0.39 is 18.1 Å². The lowest BCUT2D eigenvalue weighted by molar-refractivity contribution is 0.0282. The number of anilines is 1. The zero-order chi connectivity index (χ0) is 24.1. The highest BCUT2D eigenvalue weighted by Crippen LogP contribution is 2.32. The van der Waals surface area contributed by atoms with Crippen molar-refractivity contribution in [2.45, 2.75) is 26.0 Å². The van der Waals surface area contributed by atoms with Crippen molar-refractivity contribution in [2.24, 2.45) is 0 Å². The first-order valence-electron chi connectivity index (χ1n) is 10.6. The molecule has 0 aliphatic carbocycles. The van der Waals surface area contributed by atoms with Crippen LogP contribution in [0.4, 0.5) is 5.69 Å². The van der Waals surface area contributed by atoms with Crippen LogP contribution >= 0.6 is 11.6 Å². The average molecular weight is 473 g/mol. The predicted octanol–water partition coefficient (Wildman–Crippen LogP) is 5.97. The van der Waals surface area contributed by atoms with Crippen molar-refractivity contribution >= 4 is 23.3 Å². The summed E-state index contributed by atoms with van der Waals surface area (Å²) in [6.45, 7) is 3.54. The third-order valence-electron chi connectivity index (χ3n) is 5.32. The van der Waals surface area contributed by atoms with Gasteiger partial charge in [0.1, 0.15) is 18.2 Å². The molecule has 4 rings (SSSR count). The summed E-state index contributed by atoms with van der Waals surface area (Å²) in [4.78, 5) is 12.7. The zero-order valence-corrected chi connectivity index (χ0v) is 19.3. The minimum atomic E-state index is -0.689. The molecule has 8 heteroatoms. The predicted molar refractivity (Wildman–Crippen MR) is 128 cm³/mol. The lowest BCUT2D eigenvalue weighted by Crippen LogP contribution is -2.29. The highest BCUT2D eigenvalue weighted by molar-refractivity contribution is 6.32. The quantitative estimate of drug-likeness (QED) is 0.330. The van der Waals surface area contributed by atoms with E-state index in [9.17, 15) is 10.1 Å². The van der Waals surface area contributed by atoms with Gasteiger partial charge in [0, 0.05) is 11.3 Å². The highest BCUT2D eigenvalue weighted by Gasteiger charge is 2.29. The van der Waals surface area contributed by atoms with Crippen LogP contribution in [0.1, 0.15) is 40.3 Å². The van der Waals surface area contributed by atoms with Gasteiger partial charge in [0.15, 0.2) is 0 Å². The Kier molecular flexibility index (Phi) is 6.90. The minimum Gasteiger partial charge on any atom is -0.456 e. The number of aromatic nitrogens is 2. The molecule has 0 unspecified atom stereocenters. The lowest BCUT2D eigenvalue weighted by atomic mass is 10.1. The van der Waals surface area contributed by atoms with Crippen molar-refractivity contribution in [1.29, 1.82) is 5.26 Å². The molecule has 0 saturated carbocycles. The molecule has 2 atom stereocenters. The van der Waals surface area contributed by atoms with Gasteiger partial charge >= 0.3 is 5.97 Å². The van der Waals surface area contributed by atoms with Gasteiger partial charge in [-0.3, -0.25) is 0 Å². The van der Waals surface area contributed by atoms with Gasteiger partial charge in [0.2, 0.25) is 11.8 Å². The Morgan fingerprint density at radius 2 is 1.74 bits per heavy atom. The Morgan fingerprint density at radius 3 is 2.41 bits per heavy atom. The van der Waals surface area contributed by atoms with Crippen molar-refractivity contribution in [1.82, 2.24) is 10.2 Å².